The summed E-state index contributed by atoms with van der Waals surface area (Å²) in [5, 5.41) is 8.77. The molecule has 1 N–H and O–H groups in total. The van der Waals surface area contributed by atoms with E-state index in [1.165, 1.54) is 6.20 Å². The average molecular weight is 236 g/mol. The van der Waals surface area contributed by atoms with E-state index in [0.29, 0.717) is 0 Å². The van der Waals surface area contributed by atoms with Crippen LogP contribution in [0.25, 0.3) is 0 Å². The first-order chi connectivity index (χ1) is 7.86. The fourth-order valence-electron chi connectivity index (χ4n) is 1.37. The van der Waals surface area contributed by atoms with Gasteiger partial charge < -0.3 is 5.11 Å². The van der Waals surface area contributed by atoms with E-state index < -0.39 is 5.97 Å². The molecule has 0 radical (unpaired) electrons. The molecule has 0 saturated heterocycles. The highest BCUT2D eigenvalue weighted by Gasteiger charge is 2.21. The van der Waals surface area contributed by atoms with Crippen molar-refractivity contribution in [2.24, 2.45) is 0 Å². The van der Waals surface area contributed by atoms with Crippen molar-refractivity contribution in [1.82, 2.24) is 9.88 Å². The molecule has 0 fully saturated rings. The van der Waals surface area contributed by atoms with E-state index in [1.54, 1.807) is 12.1 Å². The van der Waals surface area contributed by atoms with Crippen LogP contribution >= 0.6 is 0 Å². The molecule has 0 unspecified atom stereocenters. The maximum atomic E-state index is 10.7. The quantitative estimate of drug-likeness (QED) is 0.853. The van der Waals surface area contributed by atoms with Crippen LogP contribution in [0, 0.1) is 0 Å². The molecule has 4 heteroatoms. The smallest absolute Gasteiger partial charge is 0.337 e. The summed E-state index contributed by atoms with van der Waals surface area (Å²) < 4.78 is 0. The normalized spacial score (nSPS) is 11.8. The second kappa shape index (κ2) is 5.27. The van der Waals surface area contributed by atoms with E-state index in [0.717, 1.165) is 18.7 Å². The number of hydrogen-bond acceptors (Lipinski definition) is 3. The monoisotopic (exact) mass is 236 g/mol. The predicted octanol–water partition coefficient (Wildman–Crippen LogP) is 2.40. The Kier molecular flexibility index (Phi) is 4.23. The summed E-state index contributed by atoms with van der Waals surface area (Å²) in [7, 11) is 2.05. The zero-order valence-corrected chi connectivity index (χ0v) is 10.9. The van der Waals surface area contributed by atoms with Crippen molar-refractivity contribution in [3.8, 4) is 0 Å². The molecule has 0 bridgehead atoms. The Morgan fingerprint density at radius 3 is 2.53 bits per heavy atom. The minimum atomic E-state index is -0.939. The molecule has 0 aliphatic heterocycles. The summed E-state index contributed by atoms with van der Waals surface area (Å²) in [6, 6.07) is 3.36. The lowest BCUT2D eigenvalue weighted by Gasteiger charge is -2.34. The molecule has 0 aliphatic rings. The number of carbonyl (C=O) groups is 1. The van der Waals surface area contributed by atoms with Crippen LogP contribution in [0.3, 0.4) is 0 Å². The van der Waals surface area contributed by atoms with Gasteiger partial charge in [-0.3, -0.25) is 9.88 Å². The minimum absolute atomic E-state index is 0.118. The van der Waals surface area contributed by atoms with Gasteiger partial charge in [0.2, 0.25) is 0 Å². The number of aromatic nitrogens is 1. The van der Waals surface area contributed by atoms with Gasteiger partial charge in [0, 0.05) is 18.3 Å². The summed E-state index contributed by atoms with van der Waals surface area (Å²) in [4.78, 5) is 17.1. The molecule has 0 spiro atoms. The van der Waals surface area contributed by atoms with E-state index in [1.807, 2.05) is 0 Å². The largest absolute Gasteiger partial charge is 0.478 e. The van der Waals surface area contributed by atoms with Gasteiger partial charge in [-0.05, 0) is 39.4 Å². The molecule has 1 heterocycles. The third-order valence-electron chi connectivity index (χ3n) is 3.37. The Hall–Kier alpha value is -1.42. The van der Waals surface area contributed by atoms with Gasteiger partial charge in [-0.1, -0.05) is 6.92 Å². The molecule has 1 aromatic heterocycles. The molecule has 4 nitrogen and oxygen atoms in total. The first-order valence-electron chi connectivity index (χ1n) is 5.76. The second-order valence-corrected chi connectivity index (χ2v) is 4.87. The summed E-state index contributed by atoms with van der Waals surface area (Å²) >= 11 is 0. The Morgan fingerprint density at radius 2 is 2.12 bits per heavy atom. The highest BCUT2D eigenvalue weighted by molar-refractivity contribution is 5.87. The van der Waals surface area contributed by atoms with Crippen molar-refractivity contribution < 1.29 is 9.90 Å². The van der Waals surface area contributed by atoms with Crippen LogP contribution < -0.4 is 0 Å². The summed E-state index contributed by atoms with van der Waals surface area (Å²) in [6.07, 6.45) is 2.46. The number of aromatic carboxylic acids is 1. The van der Waals surface area contributed by atoms with E-state index in [9.17, 15) is 4.79 Å². The average Bonchev–Trinajstić information content (AvgIpc) is 2.29. The van der Waals surface area contributed by atoms with Crippen molar-refractivity contribution >= 4 is 5.97 Å². The standard InChI is InChI=1S/C13H20N2O2/c1-5-13(2,3)15(4)9-11-7-6-10(8-14-11)12(16)17/h6-8H,5,9H2,1-4H3,(H,16,17). The van der Waals surface area contributed by atoms with Gasteiger partial charge >= 0.3 is 5.97 Å². The Morgan fingerprint density at radius 1 is 1.47 bits per heavy atom. The van der Waals surface area contributed by atoms with Crippen molar-refractivity contribution in [1.29, 1.82) is 0 Å². The molecule has 0 saturated carbocycles. The minimum Gasteiger partial charge on any atom is -0.478 e. The van der Waals surface area contributed by atoms with Crippen LogP contribution in [0.5, 0.6) is 0 Å². The summed E-state index contributed by atoms with van der Waals surface area (Å²) in [5.74, 6) is -0.939. The molecule has 0 amide bonds. The van der Waals surface area contributed by atoms with Crippen LogP contribution in [0.2, 0.25) is 0 Å². The second-order valence-electron chi connectivity index (χ2n) is 4.87. The van der Waals surface area contributed by atoms with E-state index in [-0.39, 0.29) is 11.1 Å². The lowest BCUT2D eigenvalue weighted by atomic mass is 10.00. The van der Waals surface area contributed by atoms with Crippen molar-refractivity contribution in [2.45, 2.75) is 39.3 Å². The number of pyridine rings is 1. The zero-order chi connectivity index (χ0) is 13.1. The third kappa shape index (κ3) is 3.53. The Balaban J connectivity index is 2.73. The Bertz CT molecular complexity index is 385. The van der Waals surface area contributed by atoms with E-state index in [2.05, 4.69) is 37.7 Å². The molecular weight excluding hydrogens is 216 g/mol. The van der Waals surface area contributed by atoms with Gasteiger partial charge in [0.15, 0.2) is 0 Å². The van der Waals surface area contributed by atoms with Crippen LogP contribution in [0.15, 0.2) is 18.3 Å². The molecule has 0 atom stereocenters. The topological polar surface area (TPSA) is 53.4 Å². The fraction of sp³-hybridized carbons (Fsp3) is 0.538. The number of carboxylic acids is 1. The first-order valence-corrected chi connectivity index (χ1v) is 5.76. The number of hydrogen-bond donors (Lipinski definition) is 1. The molecule has 1 aromatic rings. The molecular formula is C13H20N2O2. The molecule has 17 heavy (non-hydrogen) atoms. The highest BCUT2D eigenvalue weighted by atomic mass is 16.4. The van der Waals surface area contributed by atoms with Gasteiger partial charge in [-0.25, -0.2) is 4.79 Å². The van der Waals surface area contributed by atoms with E-state index >= 15 is 0 Å². The van der Waals surface area contributed by atoms with Crippen LogP contribution in [-0.4, -0.2) is 33.5 Å². The molecule has 1 rings (SSSR count). The summed E-state index contributed by atoms with van der Waals surface area (Å²) in [6.45, 7) is 7.23. The van der Waals surface area contributed by atoms with Crippen molar-refractivity contribution in [3.05, 3.63) is 29.6 Å². The lowest BCUT2D eigenvalue weighted by molar-refractivity contribution is 0.0696. The Labute approximate surface area is 102 Å². The van der Waals surface area contributed by atoms with Crippen LogP contribution in [0.1, 0.15) is 43.2 Å². The van der Waals surface area contributed by atoms with Crippen molar-refractivity contribution in [2.75, 3.05) is 7.05 Å². The van der Waals surface area contributed by atoms with Crippen LogP contribution in [0.4, 0.5) is 0 Å². The highest BCUT2D eigenvalue weighted by Crippen LogP contribution is 2.18. The van der Waals surface area contributed by atoms with Gasteiger partial charge in [-0.2, -0.15) is 0 Å². The third-order valence-corrected chi connectivity index (χ3v) is 3.37. The number of carboxylic acid groups (broad SMARTS) is 1. The van der Waals surface area contributed by atoms with Gasteiger partial charge in [0.25, 0.3) is 0 Å². The zero-order valence-electron chi connectivity index (χ0n) is 10.9. The van der Waals surface area contributed by atoms with Crippen LogP contribution in [-0.2, 0) is 6.54 Å². The molecule has 0 aliphatic carbocycles. The fourth-order valence-corrected chi connectivity index (χ4v) is 1.37. The maximum Gasteiger partial charge on any atom is 0.337 e. The predicted molar refractivity (Wildman–Crippen MR) is 67.0 cm³/mol. The number of nitrogens with zero attached hydrogens (tertiary/aromatic N) is 2. The SMILES string of the molecule is CCC(C)(C)N(C)Cc1ccc(C(=O)O)cn1. The molecule has 94 valence electrons. The summed E-state index contributed by atoms with van der Waals surface area (Å²) in [5.41, 5.74) is 1.23. The van der Waals surface area contributed by atoms with Crippen molar-refractivity contribution in [3.63, 3.8) is 0 Å². The van der Waals surface area contributed by atoms with E-state index in [4.69, 9.17) is 5.11 Å². The maximum absolute atomic E-state index is 10.7. The number of rotatable bonds is 5. The lowest BCUT2D eigenvalue weighted by Crippen LogP contribution is -2.39. The van der Waals surface area contributed by atoms with Gasteiger partial charge in [0.1, 0.15) is 0 Å². The van der Waals surface area contributed by atoms with Gasteiger partial charge in [0.05, 0.1) is 11.3 Å². The molecule has 0 aromatic carbocycles. The van der Waals surface area contributed by atoms with Gasteiger partial charge in [-0.15, -0.1) is 0 Å². The first kappa shape index (κ1) is 13.6.